The predicted molar refractivity (Wildman–Crippen MR) is 55.7 cm³/mol. The lowest BCUT2D eigenvalue weighted by molar-refractivity contribution is 0.150. The van der Waals surface area contributed by atoms with E-state index in [9.17, 15) is 10.2 Å². The van der Waals surface area contributed by atoms with Crippen molar-refractivity contribution in [3.05, 3.63) is 27.8 Å². The quantitative estimate of drug-likeness (QED) is 0.752. The molecule has 2 nitrogen and oxygen atoms in total. The van der Waals surface area contributed by atoms with E-state index in [1.165, 1.54) is 0 Å². The summed E-state index contributed by atoms with van der Waals surface area (Å²) < 4.78 is 0. The van der Waals surface area contributed by atoms with Crippen LogP contribution < -0.4 is 0 Å². The summed E-state index contributed by atoms with van der Waals surface area (Å²) in [4.78, 5) is 0. The highest BCUT2D eigenvalue weighted by Gasteiger charge is 2.45. The summed E-state index contributed by atoms with van der Waals surface area (Å²) in [6.45, 7) is 3.59. The van der Waals surface area contributed by atoms with Crippen LogP contribution in [0.4, 0.5) is 0 Å². The Hall–Kier alpha value is -0.730. The van der Waals surface area contributed by atoms with Crippen LogP contribution in [0.5, 0.6) is 5.75 Å². The summed E-state index contributed by atoms with van der Waals surface area (Å²) in [5.74, 6) is 0.240. The number of hydrogen-bond donors (Lipinski definition) is 2. The van der Waals surface area contributed by atoms with Crippen LogP contribution in [0.15, 0.2) is 6.07 Å². The normalized spacial score (nSPS) is 18.3. The molecule has 0 aromatic heterocycles. The molecule has 1 aliphatic carbocycles. The van der Waals surface area contributed by atoms with Crippen LogP contribution in [-0.2, 0) is 5.60 Å². The number of phenols is 1. The highest BCUT2D eigenvalue weighted by atomic mass is 35.5. The molecule has 1 fully saturated rings. The third kappa shape index (κ3) is 1.30. The van der Waals surface area contributed by atoms with E-state index >= 15 is 0 Å². The van der Waals surface area contributed by atoms with E-state index in [2.05, 4.69) is 0 Å². The van der Waals surface area contributed by atoms with Gasteiger partial charge in [-0.2, -0.15) is 0 Å². The van der Waals surface area contributed by atoms with Gasteiger partial charge >= 0.3 is 0 Å². The van der Waals surface area contributed by atoms with Crippen LogP contribution in [0.2, 0.25) is 5.02 Å². The SMILES string of the molecule is Cc1cc(Cl)c(C2(O)CC2)c(C)c1O. The van der Waals surface area contributed by atoms with Crippen molar-refractivity contribution in [3.63, 3.8) is 0 Å². The molecule has 2 rings (SSSR count). The Labute approximate surface area is 88.1 Å². The summed E-state index contributed by atoms with van der Waals surface area (Å²) in [7, 11) is 0. The Balaban J connectivity index is 2.65. The van der Waals surface area contributed by atoms with Crippen LogP contribution in [-0.4, -0.2) is 10.2 Å². The molecule has 14 heavy (non-hydrogen) atoms. The zero-order valence-electron chi connectivity index (χ0n) is 8.26. The summed E-state index contributed by atoms with van der Waals surface area (Å²) in [6.07, 6.45) is 1.46. The topological polar surface area (TPSA) is 40.5 Å². The first-order valence-corrected chi connectivity index (χ1v) is 5.05. The van der Waals surface area contributed by atoms with Crippen LogP contribution >= 0.6 is 11.6 Å². The number of halogens is 1. The molecule has 1 aromatic rings. The smallest absolute Gasteiger partial charge is 0.121 e. The zero-order valence-corrected chi connectivity index (χ0v) is 9.02. The first-order chi connectivity index (χ1) is 6.46. The van der Waals surface area contributed by atoms with E-state index in [0.29, 0.717) is 16.1 Å². The average Bonchev–Trinajstić information content (AvgIpc) is 2.80. The summed E-state index contributed by atoms with van der Waals surface area (Å²) in [5.41, 5.74) is 1.37. The molecule has 0 bridgehead atoms. The van der Waals surface area contributed by atoms with Gasteiger partial charge in [-0.1, -0.05) is 11.6 Å². The largest absolute Gasteiger partial charge is 0.507 e. The Bertz CT molecular complexity index is 395. The van der Waals surface area contributed by atoms with Gasteiger partial charge in [-0.3, -0.25) is 0 Å². The molecule has 0 amide bonds. The first kappa shape index (κ1) is 9.81. The fourth-order valence-corrected chi connectivity index (χ4v) is 2.34. The minimum Gasteiger partial charge on any atom is -0.507 e. The molecule has 0 atom stereocenters. The molecule has 0 radical (unpaired) electrons. The third-order valence-corrected chi connectivity index (χ3v) is 3.17. The molecule has 0 heterocycles. The molecule has 1 aliphatic rings. The second-order valence-corrected chi connectivity index (χ2v) is 4.46. The van der Waals surface area contributed by atoms with Crippen molar-refractivity contribution in [2.75, 3.05) is 0 Å². The van der Waals surface area contributed by atoms with Crippen molar-refractivity contribution in [2.45, 2.75) is 32.3 Å². The van der Waals surface area contributed by atoms with E-state index in [4.69, 9.17) is 11.6 Å². The number of rotatable bonds is 1. The van der Waals surface area contributed by atoms with Gasteiger partial charge in [0.2, 0.25) is 0 Å². The maximum atomic E-state index is 9.98. The van der Waals surface area contributed by atoms with Crippen molar-refractivity contribution in [2.24, 2.45) is 0 Å². The minimum absolute atomic E-state index is 0.240. The predicted octanol–water partition coefficient (Wildman–Crippen LogP) is 2.64. The van der Waals surface area contributed by atoms with E-state index in [1.54, 1.807) is 19.9 Å². The maximum Gasteiger partial charge on any atom is 0.121 e. The molecular weight excluding hydrogens is 200 g/mol. The Kier molecular flexibility index (Phi) is 2.02. The second kappa shape index (κ2) is 2.88. The summed E-state index contributed by atoms with van der Waals surface area (Å²) in [5, 5.41) is 20.3. The minimum atomic E-state index is -0.785. The van der Waals surface area contributed by atoms with E-state index in [1.807, 2.05) is 0 Å². The fraction of sp³-hybridized carbons (Fsp3) is 0.455. The van der Waals surface area contributed by atoms with Crippen molar-refractivity contribution in [1.82, 2.24) is 0 Å². The van der Waals surface area contributed by atoms with Gasteiger partial charge in [0.05, 0.1) is 5.60 Å². The zero-order chi connectivity index (χ0) is 10.5. The summed E-state index contributed by atoms with van der Waals surface area (Å²) in [6, 6.07) is 1.70. The Morgan fingerprint density at radius 3 is 2.43 bits per heavy atom. The number of aliphatic hydroxyl groups is 1. The molecule has 0 spiro atoms. The standard InChI is InChI=1S/C11H13ClO2/c1-6-5-8(12)9(7(2)10(6)13)11(14)3-4-11/h5,13-14H,3-4H2,1-2H3. The fourth-order valence-electron chi connectivity index (χ4n) is 1.86. The summed E-state index contributed by atoms with van der Waals surface area (Å²) >= 11 is 6.06. The van der Waals surface area contributed by atoms with Gasteiger partial charge in [0.1, 0.15) is 5.75 Å². The van der Waals surface area contributed by atoms with Gasteiger partial charge in [0, 0.05) is 10.6 Å². The molecule has 1 aromatic carbocycles. The molecule has 3 heteroatoms. The van der Waals surface area contributed by atoms with E-state index in [0.717, 1.165) is 18.4 Å². The number of aromatic hydroxyl groups is 1. The van der Waals surface area contributed by atoms with Crippen molar-refractivity contribution < 1.29 is 10.2 Å². The second-order valence-electron chi connectivity index (χ2n) is 4.06. The molecule has 0 saturated heterocycles. The lowest BCUT2D eigenvalue weighted by Gasteiger charge is -2.16. The first-order valence-electron chi connectivity index (χ1n) is 4.67. The number of aryl methyl sites for hydroxylation is 1. The van der Waals surface area contributed by atoms with Gasteiger partial charge < -0.3 is 10.2 Å². The van der Waals surface area contributed by atoms with Gasteiger partial charge in [-0.05, 0) is 43.9 Å². The molecule has 0 unspecified atom stereocenters. The van der Waals surface area contributed by atoms with Crippen LogP contribution in [0.3, 0.4) is 0 Å². The van der Waals surface area contributed by atoms with Crippen LogP contribution in [0.1, 0.15) is 29.5 Å². The average molecular weight is 213 g/mol. The van der Waals surface area contributed by atoms with Crippen molar-refractivity contribution >= 4 is 11.6 Å². The van der Waals surface area contributed by atoms with Gasteiger partial charge in [0.25, 0.3) is 0 Å². The van der Waals surface area contributed by atoms with Gasteiger partial charge in [-0.25, -0.2) is 0 Å². The Morgan fingerprint density at radius 2 is 1.93 bits per heavy atom. The Morgan fingerprint density at radius 1 is 1.36 bits per heavy atom. The number of benzene rings is 1. The van der Waals surface area contributed by atoms with Crippen LogP contribution in [0.25, 0.3) is 0 Å². The number of hydrogen-bond acceptors (Lipinski definition) is 2. The van der Waals surface area contributed by atoms with Gasteiger partial charge in [-0.15, -0.1) is 0 Å². The molecular formula is C11H13ClO2. The number of phenolic OH excluding ortho intramolecular Hbond substituents is 1. The highest BCUT2D eigenvalue weighted by Crippen LogP contribution is 2.51. The van der Waals surface area contributed by atoms with Crippen molar-refractivity contribution in [1.29, 1.82) is 0 Å². The third-order valence-electron chi connectivity index (χ3n) is 2.87. The molecule has 2 N–H and O–H groups in total. The molecule has 1 saturated carbocycles. The van der Waals surface area contributed by atoms with Crippen molar-refractivity contribution in [3.8, 4) is 5.75 Å². The molecule has 0 aliphatic heterocycles. The lowest BCUT2D eigenvalue weighted by atomic mass is 9.98. The van der Waals surface area contributed by atoms with Gasteiger partial charge in [0.15, 0.2) is 0 Å². The van der Waals surface area contributed by atoms with Crippen LogP contribution in [0, 0.1) is 13.8 Å². The van der Waals surface area contributed by atoms with E-state index < -0.39 is 5.60 Å². The monoisotopic (exact) mass is 212 g/mol. The molecule has 76 valence electrons. The lowest BCUT2D eigenvalue weighted by Crippen LogP contribution is -2.08. The van der Waals surface area contributed by atoms with E-state index in [-0.39, 0.29) is 5.75 Å². The highest BCUT2D eigenvalue weighted by molar-refractivity contribution is 6.31. The maximum absolute atomic E-state index is 9.98.